The van der Waals surface area contributed by atoms with Gasteiger partial charge >= 0.3 is 0 Å². The molecule has 9 nitrogen and oxygen atoms in total. The molecular formula is C25H25N5O4S. The number of hydrogen-bond donors (Lipinski definition) is 1. The van der Waals surface area contributed by atoms with E-state index in [0.29, 0.717) is 29.0 Å². The first-order valence-corrected chi connectivity index (χ1v) is 11.7. The van der Waals surface area contributed by atoms with Crippen molar-refractivity contribution in [1.29, 1.82) is 0 Å². The van der Waals surface area contributed by atoms with Crippen LogP contribution in [0.15, 0.2) is 72.1 Å². The quantitative estimate of drug-likeness (QED) is 0.335. The standard InChI is InChI=1S/C25H25N5O4S/c1-32-20-7-5-19(6-8-20)30-24(18-10-12-26-13-11-18)28-29-25(30)35-16-23(31)27-15-17-4-9-21(33-2)22(14-17)34-3/h4-14H,15-16H2,1-3H3,(H,27,31). The van der Waals surface area contributed by atoms with Crippen molar-refractivity contribution in [2.24, 2.45) is 0 Å². The second kappa shape index (κ2) is 11.4. The van der Waals surface area contributed by atoms with Crippen molar-refractivity contribution in [2.45, 2.75) is 11.7 Å². The molecule has 2 aromatic carbocycles. The van der Waals surface area contributed by atoms with Crippen LogP contribution in [0, 0.1) is 0 Å². The zero-order valence-electron chi connectivity index (χ0n) is 19.6. The van der Waals surface area contributed by atoms with E-state index in [1.807, 2.05) is 59.2 Å². The lowest BCUT2D eigenvalue weighted by molar-refractivity contribution is -0.118. The molecule has 10 heteroatoms. The molecule has 0 aliphatic carbocycles. The number of benzene rings is 2. The molecule has 4 rings (SSSR count). The summed E-state index contributed by atoms with van der Waals surface area (Å²) in [6.07, 6.45) is 3.41. The van der Waals surface area contributed by atoms with Crippen LogP contribution < -0.4 is 19.5 Å². The van der Waals surface area contributed by atoms with Crippen LogP contribution in [0.1, 0.15) is 5.56 Å². The Labute approximate surface area is 207 Å². The van der Waals surface area contributed by atoms with Gasteiger partial charge in [0.1, 0.15) is 5.75 Å². The van der Waals surface area contributed by atoms with Crippen LogP contribution in [0.5, 0.6) is 17.2 Å². The monoisotopic (exact) mass is 491 g/mol. The predicted octanol–water partition coefficient (Wildman–Crippen LogP) is 3.76. The van der Waals surface area contributed by atoms with E-state index in [1.165, 1.54) is 11.8 Å². The van der Waals surface area contributed by atoms with E-state index >= 15 is 0 Å². The Hall–Kier alpha value is -4.05. The summed E-state index contributed by atoms with van der Waals surface area (Å²) in [4.78, 5) is 16.7. The van der Waals surface area contributed by atoms with Gasteiger partial charge in [-0.1, -0.05) is 17.8 Å². The van der Waals surface area contributed by atoms with Crippen LogP contribution in [-0.4, -0.2) is 52.7 Å². The minimum absolute atomic E-state index is 0.125. The highest BCUT2D eigenvalue weighted by molar-refractivity contribution is 7.99. The van der Waals surface area contributed by atoms with Gasteiger partial charge in [-0.05, 0) is 54.1 Å². The minimum atomic E-state index is -0.125. The fraction of sp³-hybridized carbons (Fsp3) is 0.200. The maximum atomic E-state index is 12.6. The highest BCUT2D eigenvalue weighted by Crippen LogP contribution is 2.29. The van der Waals surface area contributed by atoms with Gasteiger partial charge in [0.2, 0.25) is 5.91 Å². The normalized spacial score (nSPS) is 10.6. The van der Waals surface area contributed by atoms with Crippen molar-refractivity contribution < 1.29 is 19.0 Å². The van der Waals surface area contributed by atoms with Crippen LogP contribution in [0.2, 0.25) is 0 Å². The first kappa shape index (κ1) is 24.1. The van der Waals surface area contributed by atoms with Gasteiger partial charge in [-0.2, -0.15) is 0 Å². The molecule has 2 aromatic heterocycles. The number of ether oxygens (including phenoxy) is 3. The van der Waals surface area contributed by atoms with Crippen molar-refractivity contribution in [2.75, 3.05) is 27.1 Å². The summed E-state index contributed by atoms with van der Waals surface area (Å²) in [5, 5.41) is 12.3. The highest BCUT2D eigenvalue weighted by atomic mass is 32.2. The molecule has 1 N–H and O–H groups in total. The van der Waals surface area contributed by atoms with E-state index in [9.17, 15) is 4.79 Å². The van der Waals surface area contributed by atoms with Gasteiger partial charge in [0, 0.05) is 30.2 Å². The smallest absolute Gasteiger partial charge is 0.230 e. The zero-order valence-corrected chi connectivity index (χ0v) is 20.4. The number of methoxy groups -OCH3 is 3. The number of carbonyl (C=O) groups excluding carboxylic acids is 1. The lowest BCUT2D eigenvalue weighted by Crippen LogP contribution is -2.24. The average Bonchev–Trinajstić information content (AvgIpc) is 3.35. The number of carbonyl (C=O) groups is 1. The van der Waals surface area contributed by atoms with Gasteiger partial charge in [-0.15, -0.1) is 10.2 Å². The number of aromatic nitrogens is 4. The van der Waals surface area contributed by atoms with E-state index in [0.717, 1.165) is 22.6 Å². The first-order chi connectivity index (χ1) is 17.1. The van der Waals surface area contributed by atoms with E-state index in [4.69, 9.17) is 14.2 Å². The van der Waals surface area contributed by atoms with Gasteiger partial charge in [0.25, 0.3) is 0 Å². The number of nitrogens with zero attached hydrogens (tertiary/aromatic N) is 4. The van der Waals surface area contributed by atoms with Crippen LogP contribution in [0.25, 0.3) is 17.1 Å². The number of hydrogen-bond acceptors (Lipinski definition) is 8. The second-order valence-electron chi connectivity index (χ2n) is 7.33. The molecule has 0 spiro atoms. The van der Waals surface area contributed by atoms with Gasteiger partial charge in [0.05, 0.1) is 27.1 Å². The third-order valence-corrected chi connectivity index (χ3v) is 6.10. The van der Waals surface area contributed by atoms with Crippen LogP contribution in [-0.2, 0) is 11.3 Å². The summed E-state index contributed by atoms with van der Waals surface area (Å²) < 4.78 is 17.8. The Morgan fingerprint density at radius 1 is 0.914 bits per heavy atom. The van der Waals surface area contributed by atoms with Gasteiger partial charge in [-0.25, -0.2) is 0 Å². The molecule has 0 aliphatic heterocycles. The first-order valence-electron chi connectivity index (χ1n) is 10.7. The summed E-state index contributed by atoms with van der Waals surface area (Å²) in [6, 6.07) is 16.9. The van der Waals surface area contributed by atoms with Crippen LogP contribution in [0.3, 0.4) is 0 Å². The Balaban J connectivity index is 1.49. The van der Waals surface area contributed by atoms with Gasteiger partial charge < -0.3 is 19.5 Å². The summed E-state index contributed by atoms with van der Waals surface area (Å²) in [7, 11) is 4.79. The maximum absolute atomic E-state index is 12.6. The molecule has 0 radical (unpaired) electrons. The SMILES string of the molecule is COc1ccc(-n2c(SCC(=O)NCc3ccc(OC)c(OC)c3)nnc2-c2ccncc2)cc1. The van der Waals surface area contributed by atoms with Crippen molar-refractivity contribution in [1.82, 2.24) is 25.1 Å². The van der Waals surface area contributed by atoms with Gasteiger partial charge in [0.15, 0.2) is 22.5 Å². The molecule has 1 amide bonds. The summed E-state index contributed by atoms with van der Waals surface area (Å²) in [5.41, 5.74) is 2.63. The van der Waals surface area contributed by atoms with E-state index in [1.54, 1.807) is 33.7 Å². The summed E-state index contributed by atoms with van der Waals surface area (Å²) in [5.74, 6) is 2.71. The molecular weight excluding hydrogens is 466 g/mol. The highest BCUT2D eigenvalue weighted by Gasteiger charge is 2.17. The molecule has 0 atom stereocenters. The zero-order chi connectivity index (χ0) is 24.6. The van der Waals surface area contributed by atoms with Crippen LogP contribution >= 0.6 is 11.8 Å². The molecule has 0 saturated carbocycles. The largest absolute Gasteiger partial charge is 0.497 e. The summed E-state index contributed by atoms with van der Waals surface area (Å²) >= 11 is 1.31. The Morgan fingerprint density at radius 3 is 2.34 bits per heavy atom. The number of nitrogens with one attached hydrogen (secondary N) is 1. The second-order valence-corrected chi connectivity index (χ2v) is 8.27. The minimum Gasteiger partial charge on any atom is -0.497 e. The molecule has 0 saturated heterocycles. The topological polar surface area (TPSA) is 100 Å². The number of thioether (sulfide) groups is 1. The molecule has 4 aromatic rings. The molecule has 0 bridgehead atoms. The average molecular weight is 492 g/mol. The Kier molecular flexibility index (Phi) is 7.84. The maximum Gasteiger partial charge on any atom is 0.230 e. The third kappa shape index (κ3) is 5.72. The number of pyridine rings is 1. The fourth-order valence-electron chi connectivity index (χ4n) is 3.39. The van der Waals surface area contributed by atoms with E-state index in [2.05, 4.69) is 20.5 Å². The molecule has 2 heterocycles. The Morgan fingerprint density at radius 2 is 1.66 bits per heavy atom. The lowest BCUT2D eigenvalue weighted by atomic mass is 10.2. The molecule has 0 aliphatic rings. The number of rotatable bonds is 10. The fourth-order valence-corrected chi connectivity index (χ4v) is 4.17. The van der Waals surface area contributed by atoms with Crippen molar-refractivity contribution in [3.63, 3.8) is 0 Å². The van der Waals surface area contributed by atoms with E-state index in [-0.39, 0.29) is 11.7 Å². The lowest BCUT2D eigenvalue weighted by Gasteiger charge is -2.12. The molecule has 0 fully saturated rings. The molecule has 180 valence electrons. The van der Waals surface area contributed by atoms with Gasteiger partial charge in [-0.3, -0.25) is 14.3 Å². The van der Waals surface area contributed by atoms with E-state index < -0.39 is 0 Å². The van der Waals surface area contributed by atoms with Crippen molar-refractivity contribution in [3.05, 3.63) is 72.6 Å². The van der Waals surface area contributed by atoms with Crippen LogP contribution in [0.4, 0.5) is 0 Å². The molecule has 35 heavy (non-hydrogen) atoms. The predicted molar refractivity (Wildman–Crippen MR) is 133 cm³/mol. The molecule has 0 unspecified atom stereocenters. The van der Waals surface area contributed by atoms with Crippen molar-refractivity contribution >= 4 is 17.7 Å². The van der Waals surface area contributed by atoms with Crippen molar-refractivity contribution in [3.8, 4) is 34.3 Å². The Bertz CT molecular complexity index is 1280. The number of amides is 1. The summed E-state index contributed by atoms with van der Waals surface area (Å²) in [6.45, 7) is 0.368. The third-order valence-electron chi connectivity index (χ3n) is 5.17.